The number of rotatable bonds is 7. The molecule has 0 spiro atoms. The average molecular weight is 469 g/mol. The highest BCUT2D eigenvalue weighted by Crippen LogP contribution is 2.40. The number of carbonyl (C=O) groups is 1. The highest BCUT2D eigenvalue weighted by molar-refractivity contribution is 5.95. The second-order valence-corrected chi connectivity index (χ2v) is 8.11. The Morgan fingerprint density at radius 1 is 1.20 bits per heavy atom. The van der Waals surface area contributed by atoms with Crippen molar-refractivity contribution in [2.24, 2.45) is 0 Å². The van der Waals surface area contributed by atoms with Crippen molar-refractivity contribution in [1.82, 2.24) is 25.0 Å². The van der Waals surface area contributed by atoms with Crippen LogP contribution >= 0.6 is 0 Å². The van der Waals surface area contributed by atoms with Crippen LogP contribution in [0.5, 0.6) is 11.5 Å². The van der Waals surface area contributed by atoms with Gasteiger partial charge in [0, 0.05) is 23.5 Å². The van der Waals surface area contributed by atoms with Crippen molar-refractivity contribution in [1.29, 1.82) is 0 Å². The van der Waals surface area contributed by atoms with Crippen LogP contribution in [0.25, 0.3) is 17.2 Å². The van der Waals surface area contributed by atoms with Crippen LogP contribution in [0.15, 0.2) is 67.4 Å². The minimum absolute atomic E-state index is 0.104. The van der Waals surface area contributed by atoms with Gasteiger partial charge in [-0.25, -0.2) is 4.98 Å². The lowest BCUT2D eigenvalue weighted by atomic mass is 9.86. The fourth-order valence-electron chi connectivity index (χ4n) is 4.23. The number of benzene rings is 2. The molecule has 9 heteroatoms. The van der Waals surface area contributed by atoms with Crippen molar-refractivity contribution in [3.63, 3.8) is 0 Å². The topological polar surface area (TPSA) is 104 Å². The number of hydrogen-bond donors (Lipinski definition) is 1. The van der Waals surface area contributed by atoms with Gasteiger partial charge in [-0.05, 0) is 36.8 Å². The van der Waals surface area contributed by atoms with Crippen LogP contribution in [0.4, 0.5) is 5.82 Å². The van der Waals surface area contributed by atoms with Gasteiger partial charge in [0.2, 0.25) is 5.91 Å². The molecule has 0 bridgehead atoms. The molecule has 1 aliphatic heterocycles. The van der Waals surface area contributed by atoms with Crippen molar-refractivity contribution in [2.45, 2.75) is 19.3 Å². The number of methoxy groups -OCH3 is 1. The number of anilines is 1. The Morgan fingerprint density at radius 3 is 2.80 bits per heavy atom. The number of nitrogens with one attached hydrogen (secondary N) is 1. The van der Waals surface area contributed by atoms with Crippen molar-refractivity contribution in [3.05, 3.63) is 84.2 Å². The standard InChI is InChI=1S/C26H24N6O3/c1-4-12-35-19-10-8-17(9-11-19)21-14-23(33)29-25-24(21)16(2)31-32(25)26-28-22(15-27-30-26)18-6-5-7-20(13-18)34-3/h4-11,13,15,21H,1,12,14H2,2-3H3,(H,29,33)/t21-/m0/s1. The summed E-state index contributed by atoms with van der Waals surface area (Å²) in [5.41, 5.74) is 4.16. The molecule has 0 saturated carbocycles. The van der Waals surface area contributed by atoms with Crippen LogP contribution in [0.2, 0.25) is 0 Å². The lowest BCUT2D eigenvalue weighted by Gasteiger charge is -2.24. The largest absolute Gasteiger partial charge is 0.497 e. The summed E-state index contributed by atoms with van der Waals surface area (Å²) in [5, 5.41) is 16.0. The lowest BCUT2D eigenvalue weighted by Crippen LogP contribution is -2.25. The number of ether oxygens (including phenoxy) is 2. The van der Waals surface area contributed by atoms with E-state index in [4.69, 9.17) is 9.47 Å². The molecule has 35 heavy (non-hydrogen) atoms. The summed E-state index contributed by atoms with van der Waals surface area (Å²) in [6, 6.07) is 15.3. The molecular weight excluding hydrogens is 444 g/mol. The Hall–Kier alpha value is -4.53. The summed E-state index contributed by atoms with van der Waals surface area (Å²) >= 11 is 0. The van der Waals surface area contributed by atoms with Gasteiger partial charge in [-0.3, -0.25) is 4.79 Å². The van der Waals surface area contributed by atoms with Crippen LogP contribution < -0.4 is 14.8 Å². The maximum Gasteiger partial charge on any atom is 0.272 e. The molecule has 1 amide bonds. The summed E-state index contributed by atoms with van der Waals surface area (Å²) in [4.78, 5) is 17.4. The molecule has 1 atom stereocenters. The molecule has 1 aliphatic rings. The van der Waals surface area contributed by atoms with E-state index in [1.807, 2.05) is 55.5 Å². The van der Waals surface area contributed by atoms with E-state index >= 15 is 0 Å². The van der Waals surface area contributed by atoms with E-state index in [2.05, 4.69) is 32.2 Å². The number of hydrogen-bond acceptors (Lipinski definition) is 7. The quantitative estimate of drug-likeness (QED) is 0.408. The normalized spacial score (nSPS) is 14.7. The van der Waals surface area contributed by atoms with E-state index in [0.29, 0.717) is 30.3 Å². The first-order chi connectivity index (χ1) is 17.1. The summed E-state index contributed by atoms with van der Waals surface area (Å²) in [7, 11) is 1.61. The minimum Gasteiger partial charge on any atom is -0.497 e. The van der Waals surface area contributed by atoms with Crippen molar-refractivity contribution >= 4 is 11.7 Å². The highest BCUT2D eigenvalue weighted by Gasteiger charge is 2.33. The second kappa shape index (κ2) is 9.38. The van der Waals surface area contributed by atoms with Crippen LogP contribution in [-0.4, -0.2) is 44.6 Å². The molecule has 3 heterocycles. The van der Waals surface area contributed by atoms with Crippen LogP contribution in [0.1, 0.15) is 29.2 Å². The fraction of sp³-hybridized carbons (Fsp3) is 0.192. The summed E-state index contributed by atoms with van der Waals surface area (Å²) in [5.74, 6) is 2.02. The SMILES string of the molecule is C=CCOc1ccc([C@@H]2CC(=O)Nc3c2c(C)nn3-c2nncc(-c3cccc(OC)c3)n2)cc1. The van der Waals surface area contributed by atoms with Crippen LogP contribution in [-0.2, 0) is 4.79 Å². The van der Waals surface area contributed by atoms with Gasteiger partial charge in [-0.15, -0.1) is 5.10 Å². The lowest BCUT2D eigenvalue weighted by molar-refractivity contribution is -0.116. The molecule has 0 radical (unpaired) electrons. The third kappa shape index (κ3) is 4.35. The molecule has 0 unspecified atom stereocenters. The van der Waals surface area contributed by atoms with E-state index in [1.165, 1.54) is 0 Å². The molecular formula is C26H24N6O3. The van der Waals surface area contributed by atoms with E-state index in [-0.39, 0.29) is 17.8 Å². The van der Waals surface area contributed by atoms with Gasteiger partial charge in [-0.1, -0.05) is 36.9 Å². The Kier molecular flexibility index (Phi) is 5.97. The van der Waals surface area contributed by atoms with Gasteiger partial charge in [0.15, 0.2) is 0 Å². The maximum atomic E-state index is 12.7. The highest BCUT2D eigenvalue weighted by atomic mass is 16.5. The van der Waals surface area contributed by atoms with Crippen molar-refractivity contribution in [3.8, 4) is 28.7 Å². The van der Waals surface area contributed by atoms with Gasteiger partial charge in [0.1, 0.15) is 23.9 Å². The zero-order chi connectivity index (χ0) is 24.4. The van der Waals surface area contributed by atoms with E-state index < -0.39 is 0 Å². The predicted molar refractivity (Wildman–Crippen MR) is 131 cm³/mol. The van der Waals surface area contributed by atoms with E-state index in [1.54, 1.807) is 24.1 Å². The van der Waals surface area contributed by atoms with Gasteiger partial charge < -0.3 is 14.8 Å². The molecule has 176 valence electrons. The van der Waals surface area contributed by atoms with Gasteiger partial charge in [-0.2, -0.15) is 14.9 Å². The predicted octanol–water partition coefficient (Wildman–Crippen LogP) is 4.08. The summed E-state index contributed by atoms with van der Waals surface area (Å²) in [6.45, 7) is 6.02. The first-order valence-corrected chi connectivity index (χ1v) is 11.1. The number of aryl methyl sites for hydroxylation is 1. The fourth-order valence-corrected chi connectivity index (χ4v) is 4.23. The van der Waals surface area contributed by atoms with Crippen molar-refractivity contribution in [2.75, 3.05) is 19.0 Å². The maximum absolute atomic E-state index is 12.7. The number of aromatic nitrogens is 5. The third-order valence-electron chi connectivity index (χ3n) is 5.86. The molecule has 0 saturated heterocycles. The van der Waals surface area contributed by atoms with Crippen LogP contribution in [0.3, 0.4) is 0 Å². The molecule has 5 rings (SSSR count). The Balaban J connectivity index is 1.53. The van der Waals surface area contributed by atoms with E-state index in [9.17, 15) is 4.79 Å². The third-order valence-corrected chi connectivity index (χ3v) is 5.86. The summed E-state index contributed by atoms with van der Waals surface area (Å²) < 4.78 is 12.5. The number of fused-ring (bicyclic) bond motifs is 1. The second-order valence-electron chi connectivity index (χ2n) is 8.11. The molecule has 9 nitrogen and oxygen atoms in total. The number of nitrogens with zero attached hydrogens (tertiary/aromatic N) is 5. The molecule has 0 aliphatic carbocycles. The van der Waals surface area contributed by atoms with E-state index in [0.717, 1.165) is 28.1 Å². The molecule has 0 fully saturated rings. The van der Waals surface area contributed by atoms with Crippen LogP contribution in [0, 0.1) is 6.92 Å². The minimum atomic E-state index is -0.157. The molecule has 4 aromatic rings. The molecule has 2 aromatic carbocycles. The number of amides is 1. The van der Waals surface area contributed by atoms with Crippen molar-refractivity contribution < 1.29 is 14.3 Å². The van der Waals surface area contributed by atoms with Gasteiger partial charge in [0.05, 0.1) is 24.7 Å². The molecule has 2 aromatic heterocycles. The summed E-state index contributed by atoms with van der Waals surface area (Å²) in [6.07, 6.45) is 3.59. The van der Waals surface area contributed by atoms with Gasteiger partial charge >= 0.3 is 0 Å². The number of carbonyl (C=O) groups excluding carboxylic acids is 1. The monoisotopic (exact) mass is 468 g/mol. The smallest absolute Gasteiger partial charge is 0.272 e. The zero-order valence-electron chi connectivity index (χ0n) is 19.4. The van der Waals surface area contributed by atoms with Gasteiger partial charge in [0.25, 0.3) is 5.95 Å². The first kappa shape index (κ1) is 22.3. The Morgan fingerprint density at radius 2 is 2.03 bits per heavy atom. The Labute approximate surface area is 202 Å². The first-order valence-electron chi connectivity index (χ1n) is 11.1. The zero-order valence-corrected chi connectivity index (χ0v) is 19.4. The molecule has 1 N–H and O–H groups in total. The average Bonchev–Trinajstić information content (AvgIpc) is 3.23. The Bertz CT molecular complexity index is 1400.